The lowest BCUT2D eigenvalue weighted by Gasteiger charge is -2.26. The van der Waals surface area contributed by atoms with E-state index in [0.29, 0.717) is 71.3 Å². The first-order valence-corrected chi connectivity index (χ1v) is 17.9. The van der Waals surface area contributed by atoms with Gasteiger partial charge in [0.15, 0.2) is 5.78 Å². The molecule has 2 aliphatic rings. The number of rotatable bonds is 14. The zero-order valence-corrected chi connectivity index (χ0v) is 30.2. The molecule has 53 heavy (non-hydrogen) atoms. The molecule has 0 saturated carbocycles. The molecule has 14 nitrogen and oxygen atoms in total. The normalized spacial score (nSPS) is 14.8. The quantitative estimate of drug-likeness (QED) is 0.145. The summed E-state index contributed by atoms with van der Waals surface area (Å²) in [5.74, 6) is -1.45. The van der Waals surface area contributed by atoms with Crippen LogP contribution in [0.2, 0.25) is 0 Å². The predicted octanol–water partition coefficient (Wildman–Crippen LogP) is 2.99. The van der Waals surface area contributed by atoms with E-state index in [1.165, 1.54) is 12.8 Å². The first-order chi connectivity index (χ1) is 25.6. The van der Waals surface area contributed by atoms with Crippen molar-refractivity contribution >= 4 is 40.8 Å². The molecule has 278 valence electrons. The molecule has 2 aromatic carbocycles. The molecule has 0 radical (unpaired) electrons. The summed E-state index contributed by atoms with van der Waals surface area (Å²) in [6.07, 6.45) is 5.75. The van der Waals surface area contributed by atoms with Crippen LogP contribution in [0.3, 0.4) is 0 Å². The van der Waals surface area contributed by atoms with Gasteiger partial charge in [0.1, 0.15) is 11.4 Å². The predicted molar refractivity (Wildman–Crippen MR) is 201 cm³/mol. The molecule has 0 spiro atoms. The van der Waals surface area contributed by atoms with E-state index in [2.05, 4.69) is 31.1 Å². The maximum atomic E-state index is 13.2. The van der Waals surface area contributed by atoms with E-state index in [9.17, 15) is 24.0 Å². The van der Waals surface area contributed by atoms with E-state index < -0.39 is 0 Å². The lowest BCUT2D eigenvalue weighted by molar-refractivity contribution is 0.0383. The zero-order chi connectivity index (χ0) is 37.3. The number of carbonyl (C=O) groups is 5. The summed E-state index contributed by atoms with van der Waals surface area (Å²) >= 11 is 0. The third kappa shape index (κ3) is 9.66. The van der Waals surface area contributed by atoms with Crippen LogP contribution in [0.1, 0.15) is 70.5 Å². The largest absolute Gasteiger partial charge is 0.379 e. The highest BCUT2D eigenvalue weighted by atomic mass is 16.5. The molecule has 14 heteroatoms. The number of nitrogens with one attached hydrogen (secondary N) is 4. The molecule has 4 N–H and O–H groups in total. The van der Waals surface area contributed by atoms with Crippen LogP contribution in [0.5, 0.6) is 0 Å². The minimum atomic E-state index is -0.382. The van der Waals surface area contributed by atoms with Crippen molar-refractivity contribution in [2.45, 2.75) is 12.8 Å². The molecule has 2 aliphatic heterocycles. The number of nitrogens with zero attached hydrogens (tertiary/aromatic N) is 4. The number of aromatic nitrogens is 2. The van der Waals surface area contributed by atoms with Gasteiger partial charge in [-0.05, 0) is 62.3 Å². The number of hydrogen-bond acceptors (Lipinski definition) is 8. The third-order valence-electron chi connectivity index (χ3n) is 9.54. The van der Waals surface area contributed by atoms with Gasteiger partial charge in [-0.3, -0.25) is 28.9 Å². The number of carbonyl (C=O) groups excluding carboxylic acids is 5. The van der Waals surface area contributed by atoms with Crippen LogP contribution in [-0.4, -0.2) is 114 Å². The molecule has 0 aliphatic carbocycles. The van der Waals surface area contributed by atoms with E-state index in [1.807, 2.05) is 0 Å². The Bertz CT molecular complexity index is 1940. The van der Waals surface area contributed by atoms with Crippen molar-refractivity contribution in [1.82, 2.24) is 29.6 Å². The van der Waals surface area contributed by atoms with Gasteiger partial charge in [0.2, 0.25) is 0 Å². The Labute approximate surface area is 308 Å². The summed E-state index contributed by atoms with van der Waals surface area (Å²) in [6, 6.07) is 15.8. The smallest absolute Gasteiger partial charge is 0.268 e. The Balaban J connectivity index is 0.979. The molecule has 4 heterocycles. The van der Waals surface area contributed by atoms with Crippen LogP contribution < -0.4 is 21.3 Å². The van der Waals surface area contributed by atoms with Crippen molar-refractivity contribution in [3.63, 3.8) is 0 Å². The second kappa shape index (κ2) is 17.3. The Kier molecular flexibility index (Phi) is 12.1. The van der Waals surface area contributed by atoms with E-state index in [0.717, 1.165) is 39.3 Å². The van der Waals surface area contributed by atoms with E-state index >= 15 is 0 Å². The number of ether oxygens (including phenoxy) is 1. The molecule has 0 atom stereocenters. The van der Waals surface area contributed by atoms with E-state index in [-0.39, 0.29) is 29.4 Å². The van der Waals surface area contributed by atoms with Crippen molar-refractivity contribution in [3.8, 4) is 0 Å². The van der Waals surface area contributed by atoms with Crippen molar-refractivity contribution in [2.75, 3.05) is 76.2 Å². The highest BCUT2D eigenvalue weighted by Gasteiger charge is 2.18. The fourth-order valence-corrected chi connectivity index (χ4v) is 6.50. The summed E-state index contributed by atoms with van der Waals surface area (Å²) in [6.45, 7) is 7.84. The Hall–Kier alpha value is -5.57. The maximum Gasteiger partial charge on any atom is 0.268 e. The van der Waals surface area contributed by atoms with Gasteiger partial charge >= 0.3 is 0 Å². The molecule has 2 aromatic heterocycles. The van der Waals surface area contributed by atoms with Crippen molar-refractivity contribution < 1.29 is 28.7 Å². The van der Waals surface area contributed by atoms with Crippen LogP contribution in [0.4, 0.5) is 11.4 Å². The van der Waals surface area contributed by atoms with Crippen molar-refractivity contribution in [1.29, 1.82) is 0 Å². The van der Waals surface area contributed by atoms with Crippen molar-refractivity contribution in [2.24, 2.45) is 14.1 Å². The minimum absolute atomic E-state index is 0.203. The standard InChI is InChI=1S/C39H46N8O6/c1-44-25-31(23-33(44)38(51)40-13-17-46-15-3-4-16-46)42-36(49)29-9-5-27(6-10-29)35(48)28-7-11-30(12-8-28)37(50)43-32-24-34(45(2)26-32)39(52)41-14-18-47-19-21-53-22-20-47/h5-12,23-26H,3-4,13-22H2,1-2H3,(H,40,51)(H,41,52)(H,42,49)(H,43,50). The summed E-state index contributed by atoms with van der Waals surface area (Å²) in [7, 11) is 3.49. The van der Waals surface area contributed by atoms with Gasteiger partial charge in [0, 0.05) is 88.0 Å². The second-order valence-electron chi connectivity index (χ2n) is 13.4. The number of amides is 4. The molecule has 6 rings (SSSR count). The fraction of sp³-hybridized carbons (Fsp3) is 0.359. The average Bonchev–Trinajstić information content (AvgIpc) is 3.92. The van der Waals surface area contributed by atoms with Crippen LogP contribution in [-0.2, 0) is 18.8 Å². The number of benzene rings is 2. The maximum absolute atomic E-state index is 13.2. The van der Waals surface area contributed by atoms with Crippen molar-refractivity contribution in [3.05, 3.63) is 107 Å². The van der Waals surface area contributed by atoms with Gasteiger partial charge in [-0.2, -0.15) is 0 Å². The monoisotopic (exact) mass is 722 g/mol. The topological polar surface area (TPSA) is 159 Å². The Morgan fingerprint density at radius 2 is 0.962 bits per heavy atom. The molecule has 4 aromatic rings. The van der Waals surface area contributed by atoms with Crippen LogP contribution >= 0.6 is 0 Å². The van der Waals surface area contributed by atoms with E-state index in [1.54, 1.807) is 96.3 Å². The second-order valence-corrected chi connectivity index (χ2v) is 13.4. The summed E-state index contributed by atoms with van der Waals surface area (Å²) in [5, 5.41) is 11.5. The molecule has 4 amide bonds. The molecular formula is C39H46N8O6. The summed E-state index contributed by atoms with van der Waals surface area (Å²) in [4.78, 5) is 69.2. The molecule has 0 bridgehead atoms. The first-order valence-electron chi connectivity index (χ1n) is 17.9. The zero-order valence-electron chi connectivity index (χ0n) is 30.2. The molecular weight excluding hydrogens is 676 g/mol. The number of ketones is 1. The highest BCUT2D eigenvalue weighted by Crippen LogP contribution is 2.18. The number of anilines is 2. The SMILES string of the molecule is Cn1cc(NC(=O)c2ccc(C(=O)c3ccc(C(=O)Nc4cc(C(=O)NCCN5CCOCC5)n(C)c4)cc3)cc2)cc1C(=O)NCCN1CCCC1. The minimum Gasteiger partial charge on any atom is -0.379 e. The van der Waals surface area contributed by atoms with E-state index in [4.69, 9.17) is 4.74 Å². The average molecular weight is 723 g/mol. The van der Waals surface area contributed by atoms with Gasteiger partial charge < -0.3 is 40.0 Å². The third-order valence-corrected chi connectivity index (χ3v) is 9.54. The van der Waals surface area contributed by atoms with Gasteiger partial charge in [0.25, 0.3) is 23.6 Å². The van der Waals surface area contributed by atoms with Gasteiger partial charge in [0.05, 0.1) is 24.6 Å². The first kappa shape index (κ1) is 37.2. The lowest BCUT2D eigenvalue weighted by atomic mass is 10.0. The number of likely N-dealkylation sites (tertiary alicyclic amines) is 1. The summed E-state index contributed by atoms with van der Waals surface area (Å²) < 4.78 is 8.69. The van der Waals surface area contributed by atoms with Crippen LogP contribution in [0.15, 0.2) is 73.1 Å². The Morgan fingerprint density at radius 3 is 1.40 bits per heavy atom. The number of morpholine rings is 1. The lowest BCUT2D eigenvalue weighted by Crippen LogP contribution is -2.41. The molecule has 2 saturated heterocycles. The molecule has 2 fully saturated rings. The van der Waals surface area contributed by atoms with Gasteiger partial charge in [-0.1, -0.05) is 24.3 Å². The number of hydrogen-bond donors (Lipinski definition) is 4. The van der Waals surface area contributed by atoms with Gasteiger partial charge in [-0.25, -0.2) is 0 Å². The fourth-order valence-electron chi connectivity index (χ4n) is 6.50. The summed E-state index contributed by atoms with van der Waals surface area (Å²) in [5.41, 5.74) is 3.28. The number of aryl methyl sites for hydroxylation is 2. The highest BCUT2D eigenvalue weighted by molar-refractivity contribution is 6.11. The van der Waals surface area contributed by atoms with Gasteiger partial charge in [-0.15, -0.1) is 0 Å². The molecule has 0 unspecified atom stereocenters. The van der Waals surface area contributed by atoms with Crippen LogP contribution in [0.25, 0.3) is 0 Å². The van der Waals surface area contributed by atoms with Crippen LogP contribution in [0, 0.1) is 0 Å². The Morgan fingerprint density at radius 1 is 0.566 bits per heavy atom.